The van der Waals surface area contributed by atoms with E-state index in [0.29, 0.717) is 6.54 Å². The van der Waals surface area contributed by atoms with E-state index in [1.807, 2.05) is 6.92 Å². The standard InChI is InChI=1S/C19H24F3NO2/c1-14-12-17(10-6-7-11-17)13-23(14)16(24)18(25-2,19(20,21)22)15-8-4-3-5-9-15/h3-5,8-9,14H,6-7,10-13H2,1-2H3/t14?,18-/m1/s1. The summed E-state index contributed by atoms with van der Waals surface area (Å²) in [5.74, 6) is -0.995. The Balaban J connectivity index is 2.01. The van der Waals surface area contributed by atoms with Gasteiger partial charge in [0.25, 0.3) is 11.5 Å². The SMILES string of the molecule is CO[C@@](C(=O)N1CC2(CCCC2)CC1C)(c1ccccc1)C(F)(F)F. The fraction of sp³-hybridized carbons (Fsp3) is 0.632. The predicted molar refractivity (Wildman–Crippen MR) is 87.9 cm³/mol. The molecular weight excluding hydrogens is 331 g/mol. The summed E-state index contributed by atoms with van der Waals surface area (Å²) in [6.45, 7) is 2.23. The molecule has 1 spiro atoms. The first-order chi connectivity index (χ1) is 11.8. The molecule has 1 aliphatic heterocycles. The van der Waals surface area contributed by atoms with Crippen LogP contribution >= 0.6 is 0 Å². The molecule has 0 N–H and O–H groups in total. The van der Waals surface area contributed by atoms with E-state index in [9.17, 15) is 18.0 Å². The lowest BCUT2D eigenvalue weighted by Gasteiger charge is -2.38. The minimum atomic E-state index is -4.84. The molecule has 2 atom stereocenters. The van der Waals surface area contributed by atoms with Crippen LogP contribution in [0.2, 0.25) is 0 Å². The van der Waals surface area contributed by atoms with Crippen LogP contribution in [0.3, 0.4) is 0 Å². The number of methoxy groups -OCH3 is 1. The zero-order valence-electron chi connectivity index (χ0n) is 14.6. The third-order valence-electron chi connectivity index (χ3n) is 5.88. The fourth-order valence-corrected chi connectivity index (χ4v) is 4.68. The largest absolute Gasteiger partial charge is 0.430 e. The van der Waals surface area contributed by atoms with Crippen molar-refractivity contribution in [2.24, 2.45) is 5.41 Å². The quantitative estimate of drug-likeness (QED) is 0.810. The number of amides is 1. The van der Waals surface area contributed by atoms with Gasteiger partial charge in [0.05, 0.1) is 0 Å². The van der Waals surface area contributed by atoms with E-state index in [-0.39, 0.29) is 17.0 Å². The Hall–Kier alpha value is -1.56. The summed E-state index contributed by atoms with van der Waals surface area (Å²) in [6.07, 6.45) is 0.0671. The number of ether oxygens (including phenoxy) is 1. The minimum Gasteiger partial charge on any atom is -0.356 e. The van der Waals surface area contributed by atoms with Gasteiger partial charge in [-0.1, -0.05) is 43.2 Å². The van der Waals surface area contributed by atoms with Crippen LogP contribution in [0.25, 0.3) is 0 Å². The van der Waals surface area contributed by atoms with Crippen LogP contribution in [0.1, 0.15) is 44.6 Å². The van der Waals surface area contributed by atoms with Crippen molar-refractivity contribution in [2.75, 3.05) is 13.7 Å². The molecule has 1 aliphatic carbocycles. The van der Waals surface area contributed by atoms with E-state index in [2.05, 4.69) is 0 Å². The fourth-order valence-electron chi connectivity index (χ4n) is 4.68. The van der Waals surface area contributed by atoms with Crippen molar-refractivity contribution in [3.63, 3.8) is 0 Å². The molecule has 138 valence electrons. The highest BCUT2D eigenvalue weighted by atomic mass is 19.4. The zero-order chi connectivity index (χ0) is 18.3. The third-order valence-corrected chi connectivity index (χ3v) is 5.88. The first-order valence-corrected chi connectivity index (χ1v) is 8.74. The lowest BCUT2D eigenvalue weighted by atomic mass is 9.84. The molecule has 25 heavy (non-hydrogen) atoms. The summed E-state index contributed by atoms with van der Waals surface area (Å²) < 4.78 is 47.2. The molecule has 2 fully saturated rings. The highest BCUT2D eigenvalue weighted by Crippen LogP contribution is 2.50. The molecule has 0 radical (unpaired) electrons. The van der Waals surface area contributed by atoms with E-state index >= 15 is 0 Å². The first-order valence-electron chi connectivity index (χ1n) is 8.74. The summed E-state index contributed by atoms with van der Waals surface area (Å²) >= 11 is 0. The molecule has 0 bridgehead atoms. The lowest BCUT2D eigenvalue weighted by Crippen LogP contribution is -2.57. The molecule has 2 aliphatic rings. The average molecular weight is 355 g/mol. The van der Waals surface area contributed by atoms with Crippen LogP contribution < -0.4 is 0 Å². The average Bonchev–Trinajstić information content (AvgIpc) is 3.15. The van der Waals surface area contributed by atoms with Crippen LogP contribution in [0.15, 0.2) is 30.3 Å². The number of carbonyl (C=O) groups is 1. The van der Waals surface area contributed by atoms with Gasteiger partial charge in [-0.3, -0.25) is 4.79 Å². The van der Waals surface area contributed by atoms with E-state index < -0.39 is 17.7 Å². The van der Waals surface area contributed by atoms with Gasteiger partial charge in [-0.15, -0.1) is 0 Å². The van der Waals surface area contributed by atoms with E-state index in [4.69, 9.17) is 4.74 Å². The number of rotatable bonds is 3. The number of nitrogens with zero attached hydrogens (tertiary/aromatic N) is 1. The van der Waals surface area contributed by atoms with E-state index in [1.165, 1.54) is 29.2 Å². The summed E-state index contributed by atoms with van der Waals surface area (Å²) in [4.78, 5) is 14.6. The van der Waals surface area contributed by atoms with E-state index in [0.717, 1.165) is 39.2 Å². The van der Waals surface area contributed by atoms with Gasteiger partial charge < -0.3 is 9.64 Å². The first kappa shape index (κ1) is 18.2. The summed E-state index contributed by atoms with van der Waals surface area (Å²) in [6, 6.07) is 7.01. The summed E-state index contributed by atoms with van der Waals surface area (Å²) in [5.41, 5.74) is -3.14. The van der Waals surface area contributed by atoms with Crippen LogP contribution in [0.4, 0.5) is 13.2 Å². The Morgan fingerprint density at radius 1 is 1.20 bits per heavy atom. The molecule has 3 rings (SSSR count). The van der Waals surface area contributed by atoms with Gasteiger partial charge in [-0.25, -0.2) is 0 Å². The maximum absolute atomic E-state index is 14.1. The molecule has 1 amide bonds. The molecule has 0 aromatic heterocycles. The molecule has 1 saturated heterocycles. The lowest BCUT2D eigenvalue weighted by molar-refractivity contribution is -0.270. The topological polar surface area (TPSA) is 29.5 Å². The van der Waals surface area contributed by atoms with Gasteiger partial charge in [-0.2, -0.15) is 13.2 Å². The van der Waals surface area contributed by atoms with E-state index in [1.54, 1.807) is 6.07 Å². The Morgan fingerprint density at radius 2 is 1.80 bits per heavy atom. The van der Waals surface area contributed by atoms with Crippen molar-refractivity contribution >= 4 is 5.91 Å². The molecular formula is C19H24F3NO2. The van der Waals surface area contributed by atoms with Crippen LogP contribution in [-0.2, 0) is 15.1 Å². The number of hydrogen-bond acceptors (Lipinski definition) is 2. The van der Waals surface area contributed by atoms with Crippen molar-refractivity contribution in [1.29, 1.82) is 0 Å². The van der Waals surface area contributed by atoms with Crippen LogP contribution in [-0.4, -0.2) is 36.7 Å². The van der Waals surface area contributed by atoms with Gasteiger partial charge in [0.1, 0.15) is 0 Å². The third kappa shape index (κ3) is 2.84. The molecule has 1 saturated carbocycles. The second kappa shape index (κ2) is 6.31. The van der Waals surface area contributed by atoms with Gasteiger partial charge in [0.2, 0.25) is 0 Å². The number of carbonyl (C=O) groups excluding carboxylic acids is 1. The monoisotopic (exact) mass is 355 g/mol. The Bertz CT molecular complexity index is 625. The van der Waals surface area contributed by atoms with Crippen LogP contribution in [0.5, 0.6) is 0 Å². The highest BCUT2D eigenvalue weighted by Gasteiger charge is 2.65. The number of alkyl halides is 3. The van der Waals surface area contributed by atoms with Crippen molar-refractivity contribution in [1.82, 2.24) is 4.90 Å². The van der Waals surface area contributed by atoms with Crippen molar-refractivity contribution in [3.8, 4) is 0 Å². The number of likely N-dealkylation sites (tertiary alicyclic amines) is 1. The normalized spacial score (nSPS) is 25.3. The number of hydrogen-bond donors (Lipinski definition) is 0. The summed E-state index contributed by atoms with van der Waals surface area (Å²) in [5, 5.41) is 0. The van der Waals surface area contributed by atoms with Gasteiger partial charge in [0, 0.05) is 25.3 Å². The smallest absolute Gasteiger partial charge is 0.356 e. The minimum absolute atomic E-state index is 0.0170. The molecule has 1 unspecified atom stereocenters. The van der Waals surface area contributed by atoms with Gasteiger partial charge in [0.15, 0.2) is 0 Å². The highest BCUT2D eigenvalue weighted by molar-refractivity contribution is 5.88. The summed E-state index contributed by atoms with van der Waals surface area (Å²) in [7, 11) is 0.963. The van der Waals surface area contributed by atoms with Gasteiger partial charge >= 0.3 is 6.18 Å². The maximum atomic E-state index is 14.1. The molecule has 6 heteroatoms. The van der Waals surface area contributed by atoms with Crippen molar-refractivity contribution in [3.05, 3.63) is 35.9 Å². The predicted octanol–water partition coefficient (Wildman–Crippen LogP) is 4.27. The van der Waals surface area contributed by atoms with Crippen molar-refractivity contribution in [2.45, 2.75) is 56.8 Å². The Kier molecular flexibility index (Phi) is 4.60. The number of benzene rings is 1. The molecule has 1 aromatic rings. The molecule has 1 aromatic carbocycles. The Morgan fingerprint density at radius 3 is 2.32 bits per heavy atom. The number of halogens is 3. The second-order valence-electron chi connectivity index (χ2n) is 7.44. The Labute approximate surface area is 146 Å². The van der Waals surface area contributed by atoms with Crippen LogP contribution in [0, 0.1) is 5.41 Å². The van der Waals surface area contributed by atoms with Gasteiger partial charge in [-0.05, 0) is 31.6 Å². The zero-order valence-corrected chi connectivity index (χ0v) is 14.6. The molecule has 3 nitrogen and oxygen atoms in total. The maximum Gasteiger partial charge on any atom is 0.430 e. The van der Waals surface area contributed by atoms with Crippen molar-refractivity contribution < 1.29 is 22.7 Å². The second-order valence-corrected chi connectivity index (χ2v) is 7.44. The molecule has 1 heterocycles.